The summed E-state index contributed by atoms with van der Waals surface area (Å²) in [5.74, 6) is 2.69. The van der Waals surface area contributed by atoms with Crippen LogP contribution in [0.1, 0.15) is 65.7 Å². The molecule has 1 aliphatic carbocycles. The molecule has 1 saturated heterocycles. The first-order chi connectivity index (χ1) is 10.5. The highest BCUT2D eigenvalue weighted by molar-refractivity contribution is 6.08. The molecule has 0 bridgehead atoms. The highest BCUT2D eigenvalue weighted by Gasteiger charge is 2.46. The zero-order valence-corrected chi connectivity index (χ0v) is 14.4. The van der Waals surface area contributed by atoms with Crippen molar-refractivity contribution < 1.29 is 4.79 Å². The second kappa shape index (κ2) is 6.31. The van der Waals surface area contributed by atoms with Crippen LogP contribution in [0.25, 0.3) is 0 Å². The molecule has 1 atom stereocenters. The van der Waals surface area contributed by atoms with Crippen LogP contribution in [0.3, 0.4) is 0 Å². The van der Waals surface area contributed by atoms with Crippen molar-refractivity contribution in [3.8, 4) is 0 Å². The summed E-state index contributed by atoms with van der Waals surface area (Å²) in [6.45, 7) is 8.92. The Balaban J connectivity index is 1.53. The number of likely N-dealkylation sites (tertiary alicyclic amines) is 1. The molecule has 2 heterocycles. The minimum absolute atomic E-state index is 0.164. The van der Waals surface area contributed by atoms with Crippen molar-refractivity contribution in [2.24, 2.45) is 16.8 Å². The summed E-state index contributed by atoms with van der Waals surface area (Å²) in [6.07, 6.45) is 7.92. The highest BCUT2D eigenvalue weighted by Crippen LogP contribution is 2.36. The van der Waals surface area contributed by atoms with Gasteiger partial charge in [0.2, 0.25) is 0 Å². The van der Waals surface area contributed by atoms with E-state index in [1.807, 2.05) is 0 Å². The van der Waals surface area contributed by atoms with E-state index in [0.29, 0.717) is 6.04 Å². The van der Waals surface area contributed by atoms with E-state index in [9.17, 15) is 4.79 Å². The van der Waals surface area contributed by atoms with Crippen molar-refractivity contribution in [1.29, 1.82) is 0 Å². The topological polar surface area (TPSA) is 44.7 Å². The summed E-state index contributed by atoms with van der Waals surface area (Å²) in [5.41, 5.74) is -0.432. The summed E-state index contributed by atoms with van der Waals surface area (Å²) in [6, 6.07) is 0.624. The summed E-state index contributed by atoms with van der Waals surface area (Å²) in [4.78, 5) is 19.8. The maximum atomic E-state index is 12.4. The molecule has 4 heteroatoms. The molecule has 0 radical (unpaired) electrons. The van der Waals surface area contributed by atoms with Gasteiger partial charge in [-0.25, -0.2) is 0 Å². The van der Waals surface area contributed by atoms with E-state index >= 15 is 0 Å². The van der Waals surface area contributed by atoms with Crippen molar-refractivity contribution >= 4 is 11.7 Å². The largest absolute Gasteiger partial charge is 0.312 e. The number of piperidine rings is 1. The zero-order chi connectivity index (χ0) is 15.7. The SMILES string of the molecule is CC(C)CC[C@@H](C)N1CCC2(CC1)N=C(CC1CC1)NC2=O. The van der Waals surface area contributed by atoms with Crippen LogP contribution >= 0.6 is 0 Å². The Morgan fingerprint density at radius 2 is 1.91 bits per heavy atom. The Bertz CT molecular complexity index is 445. The van der Waals surface area contributed by atoms with Gasteiger partial charge in [0.05, 0.1) is 0 Å². The van der Waals surface area contributed by atoms with E-state index in [2.05, 4.69) is 31.0 Å². The number of nitrogens with zero attached hydrogens (tertiary/aromatic N) is 2. The molecule has 1 spiro atoms. The minimum atomic E-state index is -0.432. The Labute approximate surface area is 134 Å². The number of carbonyl (C=O) groups excluding carboxylic acids is 1. The number of carbonyl (C=O) groups is 1. The molecule has 2 fully saturated rings. The van der Waals surface area contributed by atoms with Crippen molar-refractivity contribution in [1.82, 2.24) is 10.2 Å². The molecule has 1 N–H and O–H groups in total. The van der Waals surface area contributed by atoms with E-state index in [1.165, 1.54) is 25.7 Å². The quantitative estimate of drug-likeness (QED) is 0.820. The fraction of sp³-hybridized carbons (Fsp3) is 0.889. The van der Waals surface area contributed by atoms with E-state index in [1.54, 1.807) is 0 Å². The average molecular weight is 305 g/mol. The van der Waals surface area contributed by atoms with E-state index in [4.69, 9.17) is 4.99 Å². The maximum Gasteiger partial charge on any atom is 0.253 e. The Hall–Kier alpha value is -0.900. The van der Waals surface area contributed by atoms with Gasteiger partial charge in [0, 0.05) is 25.6 Å². The number of amides is 1. The molecule has 3 rings (SSSR count). The number of rotatable bonds is 6. The number of aliphatic imine (C=N–C) groups is 1. The first kappa shape index (κ1) is 16.0. The Morgan fingerprint density at radius 1 is 1.23 bits per heavy atom. The van der Waals surface area contributed by atoms with Crippen LogP contribution in [0.5, 0.6) is 0 Å². The van der Waals surface area contributed by atoms with Gasteiger partial charge in [-0.2, -0.15) is 0 Å². The summed E-state index contributed by atoms with van der Waals surface area (Å²) in [5, 5.41) is 3.06. The summed E-state index contributed by atoms with van der Waals surface area (Å²) < 4.78 is 0. The standard InChI is InChI=1S/C18H31N3O/c1-13(2)4-5-14(3)21-10-8-18(9-11-21)17(22)19-16(20-18)12-15-6-7-15/h13-15H,4-12H2,1-3H3,(H,19,20,22)/t14-/m1/s1. The predicted molar refractivity (Wildman–Crippen MR) is 90.0 cm³/mol. The molecule has 124 valence electrons. The molecule has 0 aromatic heterocycles. The fourth-order valence-electron chi connectivity index (χ4n) is 3.71. The molecule has 4 nitrogen and oxygen atoms in total. The van der Waals surface area contributed by atoms with E-state index in [0.717, 1.165) is 50.0 Å². The van der Waals surface area contributed by atoms with Crippen LogP contribution < -0.4 is 5.32 Å². The molecule has 0 aromatic rings. The number of hydrogen-bond donors (Lipinski definition) is 1. The van der Waals surface area contributed by atoms with Crippen molar-refractivity contribution in [2.45, 2.75) is 77.3 Å². The second-order valence-electron chi connectivity index (χ2n) is 8.05. The van der Waals surface area contributed by atoms with Crippen LogP contribution in [-0.2, 0) is 4.79 Å². The monoisotopic (exact) mass is 305 g/mol. The van der Waals surface area contributed by atoms with Gasteiger partial charge in [0.25, 0.3) is 5.91 Å². The first-order valence-electron chi connectivity index (χ1n) is 9.13. The molecule has 1 saturated carbocycles. The third-order valence-corrected chi connectivity index (χ3v) is 5.62. The Kier molecular flexibility index (Phi) is 4.58. The predicted octanol–water partition coefficient (Wildman–Crippen LogP) is 2.97. The molecule has 2 aliphatic heterocycles. The van der Waals surface area contributed by atoms with Gasteiger partial charge in [-0.05, 0) is 57.3 Å². The summed E-state index contributed by atoms with van der Waals surface area (Å²) in [7, 11) is 0. The lowest BCUT2D eigenvalue weighted by atomic mass is 9.87. The summed E-state index contributed by atoms with van der Waals surface area (Å²) >= 11 is 0. The number of hydrogen-bond acceptors (Lipinski definition) is 3. The normalized spacial score (nSPS) is 26.4. The van der Waals surface area contributed by atoms with Crippen molar-refractivity contribution in [2.75, 3.05) is 13.1 Å². The van der Waals surface area contributed by atoms with Crippen LogP contribution in [-0.4, -0.2) is 41.3 Å². The number of amidine groups is 1. The highest BCUT2D eigenvalue weighted by atomic mass is 16.2. The molecule has 1 amide bonds. The van der Waals surface area contributed by atoms with Gasteiger partial charge in [0.1, 0.15) is 11.4 Å². The third kappa shape index (κ3) is 3.53. The van der Waals surface area contributed by atoms with E-state index < -0.39 is 5.54 Å². The van der Waals surface area contributed by atoms with Crippen molar-refractivity contribution in [3.05, 3.63) is 0 Å². The molecule has 0 unspecified atom stereocenters. The van der Waals surface area contributed by atoms with E-state index in [-0.39, 0.29) is 5.91 Å². The smallest absolute Gasteiger partial charge is 0.253 e. The molecular formula is C18H31N3O. The molecule has 3 aliphatic rings. The van der Waals surface area contributed by atoms with Gasteiger partial charge in [-0.3, -0.25) is 9.79 Å². The fourth-order valence-corrected chi connectivity index (χ4v) is 3.71. The van der Waals surface area contributed by atoms with Gasteiger partial charge >= 0.3 is 0 Å². The van der Waals surface area contributed by atoms with Crippen LogP contribution in [0.15, 0.2) is 4.99 Å². The third-order valence-electron chi connectivity index (χ3n) is 5.62. The molecular weight excluding hydrogens is 274 g/mol. The lowest BCUT2D eigenvalue weighted by molar-refractivity contribution is -0.125. The second-order valence-corrected chi connectivity index (χ2v) is 8.05. The lowest BCUT2D eigenvalue weighted by Gasteiger charge is -2.39. The van der Waals surface area contributed by atoms with Gasteiger partial charge in [-0.1, -0.05) is 13.8 Å². The van der Waals surface area contributed by atoms with Crippen LogP contribution in [0, 0.1) is 11.8 Å². The zero-order valence-electron chi connectivity index (χ0n) is 14.4. The lowest BCUT2D eigenvalue weighted by Crippen LogP contribution is -2.51. The van der Waals surface area contributed by atoms with Crippen LogP contribution in [0.4, 0.5) is 0 Å². The van der Waals surface area contributed by atoms with Crippen molar-refractivity contribution in [3.63, 3.8) is 0 Å². The first-order valence-corrected chi connectivity index (χ1v) is 9.13. The number of nitrogens with one attached hydrogen (secondary N) is 1. The molecule has 22 heavy (non-hydrogen) atoms. The van der Waals surface area contributed by atoms with Gasteiger partial charge in [-0.15, -0.1) is 0 Å². The molecule has 0 aromatic carbocycles. The minimum Gasteiger partial charge on any atom is -0.312 e. The van der Waals surface area contributed by atoms with Gasteiger partial charge in [0.15, 0.2) is 0 Å². The Morgan fingerprint density at radius 3 is 2.50 bits per heavy atom. The van der Waals surface area contributed by atoms with Gasteiger partial charge < -0.3 is 10.2 Å². The van der Waals surface area contributed by atoms with Crippen LogP contribution in [0.2, 0.25) is 0 Å². The average Bonchev–Trinajstić information content (AvgIpc) is 3.24. The maximum absolute atomic E-state index is 12.4.